The first-order valence-electron chi connectivity index (χ1n) is 12.5. The van der Waals surface area contributed by atoms with E-state index in [9.17, 15) is 14.4 Å². The second-order valence-electron chi connectivity index (χ2n) is 9.11. The van der Waals surface area contributed by atoms with Crippen molar-refractivity contribution in [3.63, 3.8) is 0 Å². The Morgan fingerprint density at radius 2 is 1.38 bits per heavy atom. The number of ether oxygens (including phenoxy) is 1. The average Bonchev–Trinajstić information content (AvgIpc) is 2.76. The summed E-state index contributed by atoms with van der Waals surface area (Å²) in [6.07, 6.45) is 9.74. The molecule has 0 N–H and O–H groups in total. The third kappa shape index (κ3) is 9.97. The molecule has 1 aromatic rings. The van der Waals surface area contributed by atoms with Crippen molar-refractivity contribution >= 4 is 26.7 Å². The molecule has 0 saturated heterocycles. The topological polar surface area (TPSA) is 88.1 Å². The summed E-state index contributed by atoms with van der Waals surface area (Å²) in [5, 5.41) is 0. The van der Waals surface area contributed by atoms with Crippen LogP contribution in [0, 0.1) is 0 Å². The average molecular weight is 493 g/mol. The zero-order valence-electron chi connectivity index (χ0n) is 21.1. The van der Waals surface area contributed by atoms with Crippen molar-refractivity contribution in [1.82, 2.24) is 0 Å². The van der Waals surface area contributed by atoms with Crippen LogP contribution in [0.3, 0.4) is 0 Å². The Morgan fingerprint density at radius 3 is 1.88 bits per heavy atom. The van der Waals surface area contributed by atoms with Crippen LogP contribution >= 0.6 is 0 Å². The lowest BCUT2D eigenvalue weighted by Gasteiger charge is -2.29. The molecule has 0 radical (unpaired) electrons. The highest BCUT2D eigenvalue weighted by molar-refractivity contribution is 6.65. The summed E-state index contributed by atoms with van der Waals surface area (Å²) in [6, 6.07) is 9.27. The van der Waals surface area contributed by atoms with Crippen LogP contribution < -0.4 is 0 Å². The number of carbonyl (C=O) groups excluding carboxylic acids is 3. The normalized spacial score (nSPS) is 18.2. The molecule has 7 nitrogen and oxygen atoms in total. The van der Waals surface area contributed by atoms with Gasteiger partial charge in [-0.3, -0.25) is 14.4 Å². The molecular weight excluding hydrogens is 452 g/mol. The Bertz CT molecular complexity index is 744. The van der Waals surface area contributed by atoms with Crippen LogP contribution in [0.25, 0.3) is 0 Å². The quantitative estimate of drug-likeness (QED) is 0.266. The molecule has 1 aliphatic carbocycles. The minimum absolute atomic E-state index is 0.145. The summed E-state index contributed by atoms with van der Waals surface area (Å²) >= 11 is 0. The lowest BCUT2D eigenvalue weighted by molar-refractivity contribution is -0.147. The van der Waals surface area contributed by atoms with Crippen molar-refractivity contribution in [2.45, 2.75) is 104 Å². The summed E-state index contributed by atoms with van der Waals surface area (Å²) in [7, 11) is -3.77. The predicted octanol–water partition coefficient (Wildman–Crippen LogP) is 5.48. The Hall–Kier alpha value is -2.19. The molecule has 1 aromatic carbocycles. The van der Waals surface area contributed by atoms with Gasteiger partial charge in [0.1, 0.15) is 0 Å². The van der Waals surface area contributed by atoms with E-state index in [1.165, 1.54) is 51.2 Å². The van der Waals surface area contributed by atoms with Gasteiger partial charge in [-0.15, -0.1) is 0 Å². The molecule has 0 atom stereocenters. The predicted molar refractivity (Wildman–Crippen MR) is 131 cm³/mol. The maximum absolute atomic E-state index is 11.5. The number of unbranched alkanes of at least 4 members (excludes halogenated alkanes) is 2. The molecule has 34 heavy (non-hydrogen) atoms. The number of aryl methyl sites for hydroxylation is 1. The van der Waals surface area contributed by atoms with Crippen molar-refractivity contribution in [2.24, 2.45) is 0 Å². The second kappa shape index (κ2) is 14.3. The summed E-state index contributed by atoms with van der Waals surface area (Å²) in [5.41, 5.74) is 2.84. The number of benzene rings is 1. The highest BCUT2D eigenvalue weighted by Gasteiger charge is 2.51. The first kappa shape index (κ1) is 28.0. The van der Waals surface area contributed by atoms with Crippen LogP contribution in [0.15, 0.2) is 24.3 Å². The van der Waals surface area contributed by atoms with Crippen LogP contribution in [0.4, 0.5) is 0 Å². The van der Waals surface area contributed by atoms with E-state index in [-0.39, 0.29) is 12.1 Å². The first-order chi connectivity index (χ1) is 16.2. The van der Waals surface area contributed by atoms with Gasteiger partial charge in [-0.2, -0.15) is 0 Å². The molecule has 8 heteroatoms. The maximum Gasteiger partial charge on any atom is 0.705 e. The third-order valence-corrected chi connectivity index (χ3v) is 8.83. The van der Waals surface area contributed by atoms with E-state index in [0.29, 0.717) is 18.9 Å². The molecule has 0 aliphatic heterocycles. The van der Waals surface area contributed by atoms with Crippen LogP contribution in [-0.4, -0.2) is 39.4 Å². The van der Waals surface area contributed by atoms with E-state index >= 15 is 0 Å². The number of carbonyl (C=O) groups is 3. The molecule has 1 saturated carbocycles. The zero-order chi connectivity index (χ0) is 25.0. The molecule has 0 heterocycles. The Labute approximate surface area is 204 Å². The summed E-state index contributed by atoms with van der Waals surface area (Å²) in [4.78, 5) is 34.6. The SMILES string of the molecule is CCCCCc1ccc(C2CCC(OCCC[Si](OC(C)=O)(OC(C)=O)OC(C)=O)CC2)cc1. The molecule has 0 spiro atoms. The highest BCUT2D eigenvalue weighted by atomic mass is 28.4. The van der Waals surface area contributed by atoms with Gasteiger partial charge in [0.05, 0.1) is 12.1 Å². The minimum Gasteiger partial charge on any atom is -0.455 e. The number of rotatable bonds is 13. The van der Waals surface area contributed by atoms with Crippen LogP contribution in [-0.2, 0) is 38.8 Å². The minimum atomic E-state index is -3.77. The van der Waals surface area contributed by atoms with Crippen molar-refractivity contribution in [3.05, 3.63) is 35.4 Å². The van der Waals surface area contributed by atoms with E-state index in [1.807, 2.05) is 0 Å². The van der Waals surface area contributed by atoms with Crippen LogP contribution in [0.5, 0.6) is 0 Å². The smallest absolute Gasteiger partial charge is 0.455 e. The highest BCUT2D eigenvalue weighted by Crippen LogP contribution is 2.34. The Morgan fingerprint density at radius 1 is 0.824 bits per heavy atom. The van der Waals surface area contributed by atoms with Crippen molar-refractivity contribution in [1.29, 1.82) is 0 Å². The molecule has 2 rings (SSSR count). The summed E-state index contributed by atoms with van der Waals surface area (Å²) < 4.78 is 21.7. The van der Waals surface area contributed by atoms with Crippen molar-refractivity contribution in [3.8, 4) is 0 Å². The standard InChI is InChI=1S/C26H40O7Si/c1-5-6-7-9-23-10-12-24(13-11-23)25-14-16-26(17-15-25)30-18-8-19-34(31-20(2)27,32-21(3)28)33-22(4)29/h10-13,25-26H,5-9,14-19H2,1-4H3. The van der Waals surface area contributed by atoms with Gasteiger partial charge in [0.25, 0.3) is 17.9 Å². The van der Waals surface area contributed by atoms with Gasteiger partial charge >= 0.3 is 8.80 Å². The van der Waals surface area contributed by atoms with Crippen LogP contribution in [0.2, 0.25) is 6.04 Å². The fraction of sp³-hybridized carbons (Fsp3) is 0.654. The fourth-order valence-corrected chi connectivity index (χ4v) is 6.83. The molecule has 190 valence electrons. The largest absolute Gasteiger partial charge is 0.705 e. The van der Waals surface area contributed by atoms with Crippen molar-refractivity contribution < 1.29 is 32.4 Å². The first-order valence-corrected chi connectivity index (χ1v) is 14.5. The fourth-order valence-electron chi connectivity index (χ4n) is 4.51. The van der Waals surface area contributed by atoms with Gasteiger partial charge in [0, 0.05) is 27.4 Å². The lowest BCUT2D eigenvalue weighted by atomic mass is 9.82. The van der Waals surface area contributed by atoms with Gasteiger partial charge in [-0.05, 0) is 62.0 Å². The van der Waals surface area contributed by atoms with E-state index in [4.69, 9.17) is 18.0 Å². The summed E-state index contributed by atoms with van der Waals surface area (Å²) in [5.74, 6) is -1.38. The van der Waals surface area contributed by atoms with Crippen molar-refractivity contribution in [2.75, 3.05) is 6.61 Å². The van der Waals surface area contributed by atoms with E-state index in [1.54, 1.807) is 0 Å². The molecule has 0 unspecified atom stereocenters. The van der Waals surface area contributed by atoms with Gasteiger partial charge in [-0.1, -0.05) is 44.0 Å². The zero-order valence-corrected chi connectivity index (χ0v) is 22.1. The summed E-state index contributed by atoms with van der Waals surface area (Å²) in [6.45, 7) is 6.24. The van der Waals surface area contributed by atoms with Gasteiger partial charge in [0.2, 0.25) is 0 Å². The van der Waals surface area contributed by atoms with E-state index in [2.05, 4.69) is 31.2 Å². The maximum atomic E-state index is 11.5. The van der Waals surface area contributed by atoms with Gasteiger partial charge in [0.15, 0.2) is 0 Å². The molecular formula is C26H40O7Si. The van der Waals surface area contributed by atoms with Gasteiger partial charge in [-0.25, -0.2) is 0 Å². The van der Waals surface area contributed by atoms with Crippen LogP contribution in [0.1, 0.15) is 96.1 Å². The second-order valence-corrected chi connectivity index (χ2v) is 11.6. The molecule has 0 amide bonds. The van der Waals surface area contributed by atoms with E-state index in [0.717, 1.165) is 32.1 Å². The molecule has 1 aliphatic rings. The molecule has 0 bridgehead atoms. The number of hydrogen-bond acceptors (Lipinski definition) is 7. The van der Waals surface area contributed by atoms with Gasteiger partial charge < -0.3 is 18.0 Å². The number of hydrogen-bond donors (Lipinski definition) is 0. The molecule has 1 fully saturated rings. The van der Waals surface area contributed by atoms with E-state index < -0.39 is 26.7 Å². The Kier molecular flexibility index (Phi) is 11.8. The molecule has 0 aromatic heterocycles. The third-order valence-electron chi connectivity index (χ3n) is 6.07. The monoisotopic (exact) mass is 492 g/mol. The lowest BCUT2D eigenvalue weighted by Crippen LogP contribution is -2.49. The Balaban J connectivity index is 1.78.